The fourth-order valence-corrected chi connectivity index (χ4v) is 2.04. The second-order valence-corrected chi connectivity index (χ2v) is 6.00. The topological polar surface area (TPSA) is 109 Å². The number of hydrogen-bond donors (Lipinski definition) is 2. The van der Waals surface area contributed by atoms with Gasteiger partial charge in [0.15, 0.2) is 11.5 Å². The van der Waals surface area contributed by atoms with E-state index in [-0.39, 0.29) is 5.88 Å². The molecule has 0 unspecified atom stereocenters. The van der Waals surface area contributed by atoms with Crippen molar-refractivity contribution in [3.8, 4) is 22.8 Å². The zero-order valence-electron chi connectivity index (χ0n) is 14.3. The smallest absolute Gasteiger partial charge is 0.412 e. The van der Waals surface area contributed by atoms with Crippen LogP contribution in [0.15, 0.2) is 22.7 Å². The summed E-state index contributed by atoms with van der Waals surface area (Å²) in [5.41, 5.74) is 6.45. The molecule has 0 bridgehead atoms. The van der Waals surface area contributed by atoms with Crippen LogP contribution in [0.25, 0.3) is 11.3 Å². The first-order chi connectivity index (χ1) is 11.2. The molecule has 130 valence electrons. The first kappa shape index (κ1) is 17.5. The van der Waals surface area contributed by atoms with Crippen LogP contribution in [0.5, 0.6) is 11.5 Å². The molecular formula is C16H21N3O5. The Labute approximate surface area is 139 Å². The predicted molar refractivity (Wildman–Crippen MR) is 89.3 cm³/mol. The van der Waals surface area contributed by atoms with Crippen molar-refractivity contribution in [2.45, 2.75) is 26.4 Å². The number of anilines is 2. The number of nitrogen functional groups attached to an aromatic ring is 1. The first-order valence-corrected chi connectivity index (χ1v) is 7.22. The molecular weight excluding hydrogens is 314 g/mol. The van der Waals surface area contributed by atoms with Crippen LogP contribution in [-0.2, 0) is 4.74 Å². The monoisotopic (exact) mass is 335 g/mol. The number of benzene rings is 1. The van der Waals surface area contributed by atoms with Gasteiger partial charge in [-0.05, 0) is 32.9 Å². The first-order valence-electron chi connectivity index (χ1n) is 7.22. The van der Waals surface area contributed by atoms with E-state index in [9.17, 15) is 4.79 Å². The fraction of sp³-hybridized carbons (Fsp3) is 0.375. The van der Waals surface area contributed by atoms with Gasteiger partial charge in [0.2, 0.25) is 5.88 Å². The highest BCUT2D eigenvalue weighted by Crippen LogP contribution is 2.40. The highest BCUT2D eigenvalue weighted by molar-refractivity contribution is 5.90. The van der Waals surface area contributed by atoms with Crippen LogP contribution in [0.3, 0.4) is 0 Å². The van der Waals surface area contributed by atoms with Crippen molar-refractivity contribution in [1.82, 2.24) is 5.16 Å². The van der Waals surface area contributed by atoms with Crippen molar-refractivity contribution in [3.63, 3.8) is 0 Å². The Morgan fingerprint density at radius 1 is 1.21 bits per heavy atom. The largest absolute Gasteiger partial charge is 0.493 e. The molecule has 0 atom stereocenters. The van der Waals surface area contributed by atoms with Gasteiger partial charge in [-0.25, -0.2) is 4.79 Å². The maximum absolute atomic E-state index is 12.1. The third-order valence-electron chi connectivity index (χ3n) is 2.94. The van der Waals surface area contributed by atoms with Crippen LogP contribution in [0, 0.1) is 0 Å². The van der Waals surface area contributed by atoms with E-state index in [0.29, 0.717) is 28.4 Å². The van der Waals surface area contributed by atoms with E-state index in [1.807, 2.05) is 0 Å². The van der Waals surface area contributed by atoms with Gasteiger partial charge in [-0.2, -0.15) is 0 Å². The number of carbonyl (C=O) groups is 1. The lowest BCUT2D eigenvalue weighted by Crippen LogP contribution is -2.27. The maximum Gasteiger partial charge on any atom is 0.412 e. The second kappa shape index (κ2) is 6.69. The lowest BCUT2D eigenvalue weighted by atomic mass is 10.1. The van der Waals surface area contributed by atoms with Gasteiger partial charge in [-0.1, -0.05) is 5.16 Å². The normalized spacial score (nSPS) is 11.0. The number of methoxy groups -OCH3 is 2. The third kappa shape index (κ3) is 4.09. The van der Waals surface area contributed by atoms with E-state index < -0.39 is 11.7 Å². The molecule has 8 heteroatoms. The summed E-state index contributed by atoms with van der Waals surface area (Å²) in [7, 11) is 2.97. The summed E-state index contributed by atoms with van der Waals surface area (Å²) in [6, 6.07) is 4.94. The van der Waals surface area contributed by atoms with E-state index in [0.717, 1.165) is 0 Å². The highest BCUT2D eigenvalue weighted by Gasteiger charge is 2.20. The molecule has 2 aromatic rings. The van der Waals surface area contributed by atoms with E-state index in [2.05, 4.69) is 10.5 Å². The highest BCUT2D eigenvalue weighted by atomic mass is 16.6. The average molecular weight is 335 g/mol. The summed E-state index contributed by atoms with van der Waals surface area (Å²) < 4.78 is 20.8. The van der Waals surface area contributed by atoms with Gasteiger partial charge in [0.1, 0.15) is 11.3 Å². The van der Waals surface area contributed by atoms with Gasteiger partial charge in [0.05, 0.1) is 19.9 Å². The summed E-state index contributed by atoms with van der Waals surface area (Å²) in [5, 5.41) is 6.51. The number of nitrogens with zero attached hydrogens (tertiary/aromatic N) is 1. The molecule has 24 heavy (non-hydrogen) atoms. The van der Waals surface area contributed by atoms with Crippen molar-refractivity contribution in [1.29, 1.82) is 0 Å². The van der Waals surface area contributed by atoms with Crippen LogP contribution < -0.4 is 20.5 Å². The van der Waals surface area contributed by atoms with Crippen molar-refractivity contribution in [2.24, 2.45) is 0 Å². The number of nitrogens with two attached hydrogens (primary N) is 1. The predicted octanol–water partition coefficient (Wildman–Crippen LogP) is 3.29. The number of hydrogen-bond acceptors (Lipinski definition) is 7. The lowest BCUT2D eigenvalue weighted by molar-refractivity contribution is 0.0635. The van der Waals surface area contributed by atoms with Crippen LogP contribution >= 0.6 is 0 Å². The van der Waals surface area contributed by atoms with Gasteiger partial charge in [0, 0.05) is 11.6 Å². The summed E-state index contributed by atoms with van der Waals surface area (Å²) >= 11 is 0. The second-order valence-electron chi connectivity index (χ2n) is 6.00. The molecule has 3 N–H and O–H groups in total. The van der Waals surface area contributed by atoms with E-state index in [1.54, 1.807) is 39.0 Å². The molecule has 2 rings (SSSR count). The molecule has 1 amide bonds. The minimum absolute atomic E-state index is 0.182. The summed E-state index contributed by atoms with van der Waals surface area (Å²) in [6.45, 7) is 5.33. The molecule has 0 saturated carbocycles. The Morgan fingerprint density at radius 3 is 2.42 bits per heavy atom. The third-order valence-corrected chi connectivity index (χ3v) is 2.94. The molecule has 1 heterocycles. The van der Waals surface area contributed by atoms with E-state index in [1.165, 1.54) is 14.2 Å². The quantitative estimate of drug-likeness (QED) is 0.882. The Balaban J connectivity index is 2.42. The van der Waals surface area contributed by atoms with Crippen molar-refractivity contribution in [2.75, 3.05) is 25.3 Å². The summed E-state index contributed by atoms with van der Waals surface area (Å²) in [6.07, 6.45) is -0.611. The number of nitrogens with one attached hydrogen (secondary N) is 1. The Morgan fingerprint density at radius 2 is 1.92 bits per heavy atom. The molecule has 0 radical (unpaired) electrons. The Kier molecular flexibility index (Phi) is 4.87. The van der Waals surface area contributed by atoms with Crippen LogP contribution in [-0.4, -0.2) is 31.1 Å². The minimum atomic E-state index is -0.625. The van der Waals surface area contributed by atoms with Crippen molar-refractivity contribution >= 4 is 17.7 Å². The number of rotatable bonds is 4. The number of ether oxygens (including phenoxy) is 3. The molecule has 0 aliphatic rings. The molecule has 0 fully saturated rings. The molecule has 0 aliphatic carbocycles. The van der Waals surface area contributed by atoms with Gasteiger partial charge in [-0.15, -0.1) is 0 Å². The number of amides is 1. The molecule has 1 aromatic heterocycles. The molecule has 8 nitrogen and oxygen atoms in total. The summed E-state index contributed by atoms with van der Waals surface area (Å²) in [5.74, 6) is 0.965. The molecule has 0 saturated heterocycles. The van der Waals surface area contributed by atoms with Crippen molar-refractivity contribution < 1.29 is 23.5 Å². The van der Waals surface area contributed by atoms with Crippen LogP contribution in [0.1, 0.15) is 20.8 Å². The summed E-state index contributed by atoms with van der Waals surface area (Å²) in [4.78, 5) is 12.1. The number of carbonyl (C=O) groups excluding carboxylic acids is 1. The van der Waals surface area contributed by atoms with E-state index >= 15 is 0 Å². The lowest BCUT2D eigenvalue weighted by Gasteiger charge is -2.21. The zero-order chi connectivity index (χ0) is 17.9. The van der Waals surface area contributed by atoms with Gasteiger partial charge < -0.3 is 24.5 Å². The zero-order valence-corrected chi connectivity index (χ0v) is 14.3. The molecule has 1 aromatic carbocycles. The Hall–Kier alpha value is -2.90. The molecule has 0 spiro atoms. The van der Waals surface area contributed by atoms with Gasteiger partial charge in [-0.3, -0.25) is 5.32 Å². The average Bonchev–Trinajstić information content (AvgIpc) is 2.90. The fourth-order valence-electron chi connectivity index (χ4n) is 2.04. The van der Waals surface area contributed by atoms with Crippen LogP contribution in [0.4, 0.5) is 16.4 Å². The SMILES string of the molecule is COc1cc(-c2cc(N)on2)cc(NC(=O)OC(C)(C)C)c1OC. The maximum atomic E-state index is 12.1. The van der Waals surface area contributed by atoms with Crippen molar-refractivity contribution in [3.05, 3.63) is 18.2 Å². The minimum Gasteiger partial charge on any atom is -0.493 e. The van der Waals surface area contributed by atoms with Gasteiger partial charge in [0.25, 0.3) is 0 Å². The standard InChI is InChI=1S/C16H21N3O5/c1-16(2,3)23-15(20)18-11-6-9(10-8-13(17)24-19-10)7-12(21-4)14(11)22-5/h6-8H,17H2,1-5H3,(H,18,20). The van der Waals surface area contributed by atoms with Gasteiger partial charge >= 0.3 is 6.09 Å². The molecule has 0 aliphatic heterocycles. The van der Waals surface area contributed by atoms with Crippen LogP contribution in [0.2, 0.25) is 0 Å². The van der Waals surface area contributed by atoms with E-state index in [4.69, 9.17) is 24.5 Å². The number of aromatic nitrogens is 1. The Bertz CT molecular complexity index is 734.